The number of carbonyl (C=O) groups excluding carboxylic acids is 1. The van der Waals surface area contributed by atoms with Crippen molar-refractivity contribution in [3.63, 3.8) is 0 Å². The van der Waals surface area contributed by atoms with Gasteiger partial charge in [0.05, 0.1) is 11.0 Å². The molecule has 7 heteroatoms. The average molecular weight is 518 g/mol. The smallest absolute Gasteiger partial charge is 0.241 e. The minimum Gasteiger partial charge on any atom is -0.412 e. The highest BCUT2D eigenvalue weighted by Crippen LogP contribution is 2.38. The van der Waals surface area contributed by atoms with Crippen LogP contribution in [0.25, 0.3) is 0 Å². The Morgan fingerprint density at radius 2 is 1.57 bits per heavy atom. The maximum Gasteiger partial charge on any atom is 0.241 e. The lowest BCUT2D eigenvalue weighted by Crippen LogP contribution is -2.54. The summed E-state index contributed by atoms with van der Waals surface area (Å²) in [5.74, 6) is -0.263. The lowest BCUT2D eigenvalue weighted by Gasteiger charge is -2.41. The second kappa shape index (κ2) is 12.4. The van der Waals surface area contributed by atoms with Gasteiger partial charge in [0.2, 0.25) is 10.0 Å². The van der Waals surface area contributed by atoms with Crippen LogP contribution in [-0.4, -0.2) is 34.7 Å². The Morgan fingerprint density at radius 1 is 0.971 bits per heavy atom. The quantitative estimate of drug-likeness (QED) is 0.178. The lowest BCUT2D eigenvalue weighted by atomic mass is 9.96. The summed E-state index contributed by atoms with van der Waals surface area (Å²) in [6.45, 7) is 14.8. The van der Waals surface area contributed by atoms with Gasteiger partial charge in [-0.15, -0.1) is 0 Å². The van der Waals surface area contributed by atoms with E-state index in [4.69, 9.17) is 4.43 Å². The van der Waals surface area contributed by atoms with Crippen LogP contribution < -0.4 is 4.72 Å². The summed E-state index contributed by atoms with van der Waals surface area (Å²) in [5.41, 5.74) is 1.44. The fourth-order valence-electron chi connectivity index (χ4n) is 3.65. The van der Waals surface area contributed by atoms with Crippen molar-refractivity contribution in [3.8, 4) is 0 Å². The highest BCUT2D eigenvalue weighted by atomic mass is 32.2. The lowest BCUT2D eigenvalue weighted by molar-refractivity contribution is 0.0792. The molecule has 2 aromatic rings. The molecule has 2 atom stereocenters. The molecule has 2 rings (SSSR count). The first-order chi connectivity index (χ1) is 16.3. The van der Waals surface area contributed by atoms with Gasteiger partial charge < -0.3 is 4.43 Å². The molecule has 2 aromatic carbocycles. The highest BCUT2D eigenvalue weighted by molar-refractivity contribution is 7.89. The molecule has 0 amide bonds. The van der Waals surface area contributed by atoms with Crippen LogP contribution in [-0.2, 0) is 14.4 Å². The fraction of sp³-hybridized carbons (Fsp3) is 0.536. The van der Waals surface area contributed by atoms with Crippen molar-refractivity contribution in [2.24, 2.45) is 0 Å². The number of ketones is 1. The molecule has 0 heterocycles. The molecule has 5 nitrogen and oxygen atoms in total. The number of aryl methyl sites for hydroxylation is 1. The Balaban J connectivity index is 2.50. The van der Waals surface area contributed by atoms with Crippen LogP contribution >= 0.6 is 0 Å². The van der Waals surface area contributed by atoms with Crippen LogP contribution in [0.1, 0.15) is 75.7 Å². The number of hydrogen-bond donors (Lipinski definition) is 1. The Kier molecular flexibility index (Phi) is 10.5. The van der Waals surface area contributed by atoms with Crippen molar-refractivity contribution >= 4 is 24.1 Å². The van der Waals surface area contributed by atoms with Crippen LogP contribution in [0.5, 0.6) is 0 Å². The maximum atomic E-state index is 13.8. The van der Waals surface area contributed by atoms with Crippen molar-refractivity contribution in [2.45, 2.75) is 102 Å². The Bertz CT molecular complexity index is 1040. The average Bonchev–Trinajstić information content (AvgIpc) is 2.79. The van der Waals surface area contributed by atoms with Gasteiger partial charge in [-0.1, -0.05) is 101 Å². The van der Waals surface area contributed by atoms with Crippen molar-refractivity contribution < 1.29 is 17.6 Å². The molecule has 0 saturated carbocycles. The molecule has 0 aliphatic rings. The Labute approximate surface area is 213 Å². The third-order valence-electron chi connectivity index (χ3n) is 6.92. The second-order valence-electron chi connectivity index (χ2n) is 10.9. The zero-order chi connectivity index (χ0) is 26.3. The Morgan fingerprint density at radius 3 is 2.11 bits per heavy atom. The minimum atomic E-state index is -3.94. The van der Waals surface area contributed by atoms with Gasteiger partial charge in [0.25, 0.3) is 0 Å². The second-order valence-corrected chi connectivity index (χ2v) is 17.4. The van der Waals surface area contributed by atoms with Gasteiger partial charge in [-0.3, -0.25) is 4.79 Å². The van der Waals surface area contributed by atoms with E-state index in [9.17, 15) is 13.2 Å². The third kappa shape index (κ3) is 8.38. The number of unbranched alkanes of at least 4 members (excludes halogenated alkanes) is 3. The molecule has 35 heavy (non-hydrogen) atoms. The number of benzene rings is 2. The first-order valence-electron chi connectivity index (χ1n) is 12.6. The van der Waals surface area contributed by atoms with E-state index in [0.717, 1.165) is 31.2 Å². The largest absolute Gasteiger partial charge is 0.412 e. The summed E-state index contributed by atoms with van der Waals surface area (Å²) in [6.07, 6.45) is 4.15. The number of nitrogens with one attached hydrogen (secondary N) is 1. The van der Waals surface area contributed by atoms with Crippen LogP contribution in [0.15, 0.2) is 59.5 Å². The van der Waals surface area contributed by atoms with Gasteiger partial charge in [-0.25, -0.2) is 8.42 Å². The molecule has 0 unspecified atom stereocenters. The molecular formula is C28H43NO4SSi. The van der Waals surface area contributed by atoms with E-state index >= 15 is 0 Å². The van der Waals surface area contributed by atoms with Gasteiger partial charge in [0.15, 0.2) is 14.1 Å². The van der Waals surface area contributed by atoms with Gasteiger partial charge in [-0.2, -0.15) is 4.72 Å². The van der Waals surface area contributed by atoms with Crippen molar-refractivity contribution in [3.05, 3.63) is 65.7 Å². The van der Waals surface area contributed by atoms with Gasteiger partial charge in [0, 0.05) is 5.56 Å². The summed E-state index contributed by atoms with van der Waals surface area (Å²) in [6, 6.07) is 14.6. The number of carbonyl (C=O) groups is 1. The van der Waals surface area contributed by atoms with Crippen LogP contribution in [0.3, 0.4) is 0 Å². The summed E-state index contributed by atoms with van der Waals surface area (Å²) < 4.78 is 36.4. The first-order valence-corrected chi connectivity index (χ1v) is 17.0. The van der Waals surface area contributed by atoms with E-state index in [2.05, 4.69) is 45.5 Å². The third-order valence-corrected chi connectivity index (χ3v) is 12.9. The molecule has 0 aliphatic carbocycles. The number of sulfonamides is 1. The summed E-state index contributed by atoms with van der Waals surface area (Å²) in [5, 5.41) is -0.0785. The summed E-state index contributed by atoms with van der Waals surface area (Å²) in [4.78, 5) is 13.9. The number of rotatable bonds is 13. The number of Topliss-reactive ketones (excluding diaryl/α,β-unsaturated/α-hetero) is 1. The molecule has 194 valence electrons. The molecule has 0 bridgehead atoms. The van der Waals surface area contributed by atoms with Crippen molar-refractivity contribution in [1.29, 1.82) is 0 Å². The summed E-state index contributed by atoms with van der Waals surface area (Å²) in [7, 11) is -6.23. The van der Waals surface area contributed by atoms with E-state index in [-0.39, 0.29) is 15.7 Å². The first kappa shape index (κ1) is 29.4. The summed E-state index contributed by atoms with van der Waals surface area (Å²) >= 11 is 0. The normalized spacial score (nSPS) is 14.5. The number of hydrogen-bond acceptors (Lipinski definition) is 4. The zero-order valence-corrected chi connectivity index (χ0v) is 24.2. The minimum absolute atomic E-state index is 0.0785. The zero-order valence-electron chi connectivity index (χ0n) is 22.4. The van der Waals surface area contributed by atoms with Crippen LogP contribution in [0, 0.1) is 6.92 Å². The van der Waals surface area contributed by atoms with E-state index < -0.39 is 30.5 Å². The van der Waals surface area contributed by atoms with Crippen molar-refractivity contribution in [1.82, 2.24) is 4.72 Å². The van der Waals surface area contributed by atoms with Crippen molar-refractivity contribution in [2.75, 3.05) is 0 Å². The van der Waals surface area contributed by atoms with Gasteiger partial charge >= 0.3 is 0 Å². The van der Waals surface area contributed by atoms with Gasteiger partial charge in [0.1, 0.15) is 6.04 Å². The Hall–Kier alpha value is -1.80. The molecule has 0 radical (unpaired) electrons. The molecule has 0 aliphatic heterocycles. The molecular weight excluding hydrogens is 474 g/mol. The van der Waals surface area contributed by atoms with E-state index in [1.807, 2.05) is 13.0 Å². The fourth-order valence-corrected chi connectivity index (χ4v) is 6.24. The van der Waals surface area contributed by atoms with E-state index in [0.29, 0.717) is 12.0 Å². The predicted octanol–water partition coefficient (Wildman–Crippen LogP) is 6.89. The molecule has 1 N–H and O–H groups in total. The topological polar surface area (TPSA) is 72.5 Å². The SMILES string of the molecule is CCCCCC[C@@H](O[Si](C)(C)C(C)(C)C)[C@H](NS(=O)(=O)c1ccc(C)cc1)C(=O)c1ccccc1. The van der Waals surface area contributed by atoms with Crippen LogP contribution in [0.2, 0.25) is 18.1 Å². The highest BCUT2D eigenvalue weighted by Gasteiger charge is 2.43. The molecule has 0 spiro atoms. The monoisotopic (exact) mass is 517 g/mol. The molecule has 0 aromatic heterocycles. The van der Waals surface area contributed by atoms with Crippen LogP contribution in [0.4, 0.5) is 0 Å². The molecule has 0 fully saturated rings. The van der Waals surface area contributed by atoms with E-state index in [1.54, 1.807) is 48.5 Å². The predicted molar refractivity (Wildman–Crippen MR) is 147 cm³/mol. The maximum absolute atomic E-state index is 13.8. The van der Waals surface area contributed by atoms with E-state index in [1.165, 1.54) is 0 Å². The standard InChI is InChI=1S/C28H43NO4SSi/c1-8-9-10-14-17-25(33-35(6,7)28(3,4)5)26(27(30)23-15-12-11-13-16-23)29-34(31,32)24-20-18-22(2)19-21-24/h11-13,15-16,18-21,25-26,29H,8-10,14,17H2,1-7H3/t25-,26+/m1/s1. The van der Waals surface area contributed by atoms with Gasteiger partial charge in [-0.05, 0) is 43.6 Å². The molecule has 0 saturated heterocycles.